The van der Waals surface area contributed by atoms with E-state index in [0.717, 1.165) is 11.4 Å². The van der Waals surface area contributed by atoms with E-state index in [1.165, 1.54) is 11.8 Å². The number of hydrogen-bond donors (Lipinski definition) is 1. The van der Waals surface area contributed by atoms with Gasteiger partial charge in [-0.15, -0.1) is 5.10 Å². The molecule has 0 amide bonds. The Morgan fingerprint density at radius 2 is 1.91 bits per heavy atom. The second-order valence-electron chi connectivity index (χ2n) is 5.89. The summed E-state index contributed by atoms with van der Waals surface area (Å²) in [7, 11) is 0. The number of aromatic nitrogens is 5. The zero-order valence-electron chi connectivity index (χ0n) is 12.7. The van der Waals surface area contributed by atoms with Crippen LogP contribution in [0.3, 0.4) is 0 Å². The molecule has 0 atom stereocenters. The van der Waals surface area contributed by atoms with E-state index in [-0.39, 0.29) is 5.41 Å². The highest BCUT2D eigenvalue weighted by molar-refractivity contribution is 7.98. The summed E-state index contributed by atoms with van der Waals surface area (Å²) in [5, 5.41) is 11.8. The number of rotatable bonds is 4. The lowest BCUT2D eigenvalue weighted by molar-refractivity contribution is 0.319. The zero-order valence-corrected chi connectivity index (χ0v) is 13.5. The lowest BCUT2D eigenvalue weighted by Crippen LogP contribution is -2.11. The molecule has 0 radical (unpaired) electrons. The van der Waals surface area contributed by atoms with Crippen LogP contribution in [-0.4, -0.2) is 25.3 Å². The Labute approximate surface area is 132 Å². The molecular formula is C15H17N5OS. The number of nitrogens with zero attached hydrogens (tertiary/aromatic N) is 4. The monoisotopic (exact) mass is 315 g/mol. The van der Waals surface area contributed by atoms with Crippen molar-refractivity contribution < 1.29 is 4.52 Å². The third-order valence-electron chi connectivity index (χ3n) is 2.95. The molecular weight excluding hydrogens is 298 g/mol. The summed E-state index contributed by atoms with van der Waals surface area (Å²) in [5.41, 5.74) is 0.873. The van der Waals surface area contributed by atoms with Crippen LogP contribution in [-0.2, 0) is 11.2 Å². The van der Waals surface area contributed by atoms with Crippen LogP contribution < -0.4 is 0 Å². The summed E-state index contributed by atoms with van der Waals surface area (Å²) < 4.78 is 5.27. The van der Waals surface area contributed by atoms with Crippen molar-refractivity contribution in [2.45, 2.75) is 37.1 Å². The number of hydrogen-bond acceptors (Lipinski definition) is 6. The topological polar surface area (TPSA) is 80.5 Å². The fourth-order valence-corrected chi connectivity index (χ4v) is 2.42. The van der Waals surface area contributed by atoms with Gasteiger partial charge in [-0.05, 0) is 0 Å². The SMILES string of the molecule is CC(C)(C)c1nc(CSc2n[nH]c(-c3ccccc3)n2)no1. The molecule has 22 heavy (non-hydrogen) atoms. The van der Waals surface area contributed by atoms with Gasteiger partial charge in [0.25, 0.3) is 0 Å². The largest absolute Gasteiger partial charge is 0.339 e. The molecule has 2 heterocycles. The average Bonchev–Trinajstić information content (AvgIpc) is 3.15. The van der Waals surface area contributed by atoms with Crippen LogP contribution in [0.25, 0.3) is 11.4 Å². The van der Waals surface area contributed by atoms with Crippen molar-refractivity contribution in [3.8, 4) is 11.4 Å². The van der Waals surface area contributed by atoms with E-state index >= 15 is 0 Å². The Hall–Kier alpha value is -2.15. The summed E-state index contributed by atoms with van der Waals surface area (Å²) in [5.74, 6) is 2.63. The highest BCUT2D eigenvalue weighted by atomic mass is 32.2. The molecule has 0 unspecified atom stereocenters. The molecule has 7 heteroatoms. The maximum atomic E-state index is 5.27. The Kier molecular flexibility index (Phi) is 3.98. The molecule has 3 aromatic rings. The second-order valence-corrected chi connectivity index (χ2v) is 6.83. The molecule has 0 bridgehead atoms. The van der Waals surface area contributed by atoms with Crippen molar-refractivity contribution in [3.63, 3.8) is 0 Å². The van der Waals surface area contributed by atoms with Gasteiger partial charge in [-0.1, -0.05) is 68.0 Å². The molecule has 1 N–H and O–H groups in total. The highest BCUT2D eigenvalue weighted by Gasteiger charge is 2.21. The van der Waals surface area contributed by atoms with Gasteiger partial charge in [-0.3, -0.25) is 5.10 Å². The fraction of sp³-hybridized carbons (Fsp3) is 0.333. The normalized spacial score (nSPS) is 11.8. The molecule has 0 aliphatic rings. The van der Waals surface area contributed by atoms with Crippen LogP contribution in [0, 0.1) is 0 Å². The lowest BCUT2D eigenvalue weighted by Gasteiger charge is -2.10. The summed E-state index contributed by atoms with van der Waals surface area (Å²) in [6.45, 7) is 6.12. The van der Waals surface area contributed by atoms with Crippen molar-refractivity contribution in [3.05, 3.63) is 42.0 Å². The van der Waals surface area contributed by atoms with Gasteiger partial charge in [0.1, 0.15) is 0 Å². The van der Waals surface area contributed by atoms with Crippen molar-refractivity contribution in [1.82, 2.24) is 25.3 Å². The quantitative estimate of drug-likeness (QED) is 0.743. The van der Waals surface area contributed by atoms with Crippen molar-refractivity contribution in [1.29, 1.82) is 0 Å². The summed E-state index contributed by atoms with van der Waals surface area (Å²) in [4.78, 5) is 8.86. The Morgan fingerprint density at radius 1 is 1.14 bits per heavy atom. The van der Waals surface area contributed by atoms with Crippen LogP contribution in [0.1, 0.15) is 32.5 Å². The van der Waals surface area contributed by atoms with E-state index in [2.05, 4.69) is 25.3 Å². The maximum Gasteiger partial charge on any atom is 0.232 e. The minimum atomic E-state index is -0.138. The van der Waals surface area contributed by atoms with Crippen LogP contribution in [0.4, 0.5) is 0 Å². The smallest absolute Gasteiger partial charge is 0.232 e. The predicted octanol–water partition coefficient (Wildman–Crippen LogP) is 3.44. The van der Waals surface area contributed by atoms with Crippen molar-refractivity contribution in [2.24, 2.45) is 0 Å². The fourth-order valence-electron chi connectivity index (χ4n) is 1.78. The van der Waals surface area contributed by atoms with Crippen LogP contribution in [0.15, 0.2) is 40.0 Å². The van der Waals surface area contributed by atoms with Gasteiger partial charge in [-0.2, -0.15) is 4.98 Å². The molecule has 0 fully saturated rings. The molecule has 1 aromatic carbocycles. The average molecular weight is 315 g/mol. The molecule has 0 aliphatic carbocycles. The molecule has 0 aliphatic heterocycles. The summed E-state index contributed by atoms with van der Waals surface area (Å²) in [6, 6.07) is 9.89. The maximum absolute atomic E-state index is 5.27. The third-order valence-corrected chi connectivity index (χ3v) is 3.80. The second kappa shape index (κ2) is 5.92. The summed E-state index contributed by atoms with van der Waals surface area (Å²) >= 11 is 1.47. The van der Waals surface area contributed by atoms with Crippen LogP contribution in [0.5, 0.6) is 0 Å². The van der Waals surface area contributed by atoms with Gasteiger partial charge in [0, 0.05) is 11.0 Å². The number of aromatic amines is 1. The lowest BCUT2D eigenvalue weighted by atomic mass is 9.97. The van der Waals surface area contributed by atoms with Crippen molar-refractivity contribution >= 4 is 11.8 Å². The van der Waals surface area contributed by atoms with Gasteiger partial charge in [0.15, 0.2) is 11.6 Å². The molecule has 0 saturated heterocycles. The van der Waals surface area contributed by atoms with Gasteiger partial charge >= 0.3 is 0 Å². The first kappa shape index (κ1) is 14.8. The molecule has 114 valence electrons. The number of H-pyrrole nitrogens is 1. The Morgan fingerprint density at radius 3 is 2.59 bits per heavy atom. The Balaban J connectivity index is 1.65. The van der Waals surface area contributed by atoms with Crippen LogP contribution in [0.2, 0.25) is 0 Å². The van der Waals surface area contributed by atoms with E-state index in [4.69, 9.17) is 4.52 Å². The standard InChI is InChI=1S/C15H17N5OS/c1-15(2,3)13-16-11(20-21-13)9-22-14-17-12(18-19-14)10-7-5-4-6-8-10/h4-8H,9H2,1-3H3,(H,17,18,19). The predicted molar refractivity (Wildman–Crippen MR) is 84.4 cm³/mol. The minimum Gasteiger partial charge on any atom is -0.339 e. The molecule has 0 spiro atoms. The van der Waals surface area contributed by atoms with E-state index in [0.29, 0.717) is 22.6 Å². The van der Waals surface area contributed by atoms with Gasteiger partial charge < -0.3 is 4.52 Å². The van der Waals surface area contributed by atoms with E-state index < -0.39 is 0 Å². The van der Waals surface area contributed by atoms with E-state index in [1.807, 2.05) is 51.1 Å². The molecule has 0 saturated carbocycles. The minimum absolute atomic E-state index is 0.138. The molecule has 3 rings (SSSR count). The number of benzene rings is 1. The number of thioether (sulfide) groups is 1. The van der Waals surface area contributed by atoms with E-state index in [1.54, 1.807) is 0 Å². The van der Waals surface area contributed by atoms with Gasteiger partial charge in [0.2, 0.25) is 11.0 Å². The third kappa shape index (κ3) is 3.36. The zero-order chi connectivity index (χ0) is 15.6. The first-order valence-corrected chi connectivity index (χ1v) is 7.94. The molecule has 2 aromatic heterocycles. The Bertz CT molecular complexity index is 745. The summed E-state index contributed by atoms with van der Waals surface area (Å²) in [6.07, 6.45) is 0. The van der Waals surface area contributed by atoms with Crippen molar-refractivity contribution in [2.75, 3.05) is 0 Å². The van der Waals surface area contributed by atoms with E-state index in [9.17, 15) is 0 Å². The number of nitrogens with one attached hydrogen (secondary N) is 1. The van der Waals surface area contributed by atoms with Gasteiger partial charge in [-0.25, -0.2) is 4.98 Å². The van der Waals surface area contributed by atoms with Crippen LogP contribution >= 0.6 is 11.8 Å². The van der Waals surface area contributed by atoms with Gasteiger partial charge in [0.05, 0.1) is 5.75 Å². The first-order valence-electron chi connectivity index (χ1n) is 6.96. The first-order chi connectivity index (χ1) is 10.5. The highest BCUT2D eigenvalue weighted by Crippen LogP contribution is 2.24. The molecule has 6 nitrogen and oxygen atoms in total.